The Morgan fingerprint density at radius 1 is 0.444 bits per heavy atom. The molecular weight excluding hydrogens is 546 g/mol. The SMILES string of the molecule is CNc1cc2c(cc1-c1ccccc1)c1ccccc1n2-c1cccc(-c2cccc(-c3cccc(-c4ccccc4)c3)n2)c1. The highest BCUT2D eigenvalue weighted by Gasteiger charge is 2.16. The maximum absolute atomic E-state index is 5.15. The fourth-order valence-corrected chi connectivity index (χ4v) is 6.41. The lowest BCUT2D eigenvalue weighted by Gasteiger charge is -2.13. The van der Waals surface area contributed by atoms with E-state index in [1.165, 1.54) is 38.5 Å². The number of pyridine rings is 1. The topological polar surface area (TPSA) is 29.9 Å². The van der Waals surface area contributed by atoms with Gasteiger partial charge in [-0.3, -0.25) is 0 Å². The fraction of sp³-hybridized carbons (Fsp3) is 0.0238. The Kier molecular flexibility index (Phi) is 6.69. The summed E-state index contributed by atoms with van der Waals surface area (Å²) in [4.78, 5) is 5.15. The van der Waals surface area contributed by atoms with Crippen molar-refractivity contribution >= 4 is 27.5 Å². The van der Waals surface area contributed by atoms with E-state index in [0.29, 0.717) is 0 Å². The van der Waals surface area contributed by atoms with E-state index in [0.717, 1.165) is 39.4 Å². The maximum atomic E-state index is 5.15. The lowest BCUT2D eigenvalue weighted by atomic mass is 10.0. The van der Waals surface area contributed by atoms with Crippen LogP contribution in [0.25, 0.3) is 72.3 Å². The predicted molar refractivity (Wildman–Crippen MR) is 190 cm³/mol. The molecule has 0 unspecified atom stereocenters. The Bertz CT molecular complexity index is 2300. The van der Waals surface area contributed by atoms with Crippen molar-refractivity contribution in [3.8, 4) is 50.5 Å². The number of rotatable bonds is 6. The third kappa shape index (κ3) is 4.85. The Morgan fingerprint density at radius 2 is 1.04 bits per heavy atom. The first kappa shape index (κ1) is 26.7. The van der Waals surface area contributed by atoms with E-state index in [1.54, 1.807) is 0 Å². The molecule has 0 saturated carbocycles. The van der Waals surface area contributed by atoms with Crippen LogP contribution in [0.1, 0.15) is 0 Å². The van der Waals surface area contributed by atoms with Gasteiger partial charge in [0.05, 0.1) is 22.4 Å². The summed E-state index contributed by atoms with van der Waals surface area (Å²) in [6.45, 7) is 0. The van der Waals surface area contributed by atoms with E-state index in [4.69, 9.17) is 4.98 Å². The van der Waals surface area contributed by atoms with Crippen molar-refractivity contribution in [2.24, 2.45) is 0 Å². The van der Waals surface area contributed by atoms with Crippen LogP contribution in [0.15, 0.2) is 164 Å². The van der Waals surface area contributed by atoms with E-state index in [2.05, 4.69) is 168 Å². The summed E-state index contributed by atoms with van der Waals surface area (Å²) in [5, 5.41) is 5.92. The molecule has 0 aliphatic carbocycles. The molecule has 0 spiro atoms. The second kappa shape index (κ2) is 11.3. The van der Waals surface area contributed by atoms with Crippen molar-refractivity contribution in [2.75, 3.05) is 12.4 Å². The lowest BCUT2D eigenvalue weighted by molar-refractivity contribution is 1.18. The number of hydrogen-bond acceptors (Lipinski definition) is 2. The molecule has 2 aromatic heterocycles. The summed E-state index contributed by atoms with van der Waals surface area (Å²) in [6.07, 6.45) is 0. The van der Waals surface area contributed by atoms with Crippen molar-refractivity contribution < 1.29 is 0 Å². The van der Waals surface area contributed by atoms with Gasteiger partial charge in [-0.05, 0) is 65.2 Å². The van der Waals surface area contributed by atoms with Gasteiger partial charge >= 0.3 is 0 Å². The van der Waals surface area contributed by atoms with Crippen molar-refractivity contribution in [3.05, 3.63) is 164 Å². The molecule has 6 aromatic carbocycles. The molecule has 0 atom stereocenters. The first-order chi connectivity index (χ1) is 22.3. The second-order valence-electron chi connectivity index (χ2n) is 11.3. The van der Waals surface area contributed by atoms with Gasteiger partial charge in [-0.1, -0.05) is 115 Å². The molecule has 3 nitrogen and oxygen atoms in total. The van der Waals surface area contributed by atoms with Crippen LogP contribution in [0.4, 0.5) is 5.69 Å². The molecule has 3 heteroatoms. The first-order valence-electron chi connectivity index (χ1n) is 15.3. The maximum Gasteiger partial charge on any atom is 0.0710 e. The number of anilines is 1. The van der Waals surface area contributed by atoms with Crippen LogP contribution in [-0.4, -0.2) is 16.6 Å². The average Bonchev–Trinajstić information content (AvgIpc) is 3.45. The quantitative estimate of drug-likeness (QED) is 0.213. The van der Waals surface area contributed by atoms with Gasteiger partial charge in [0.25, 0.3) is 0 Å². The molecule has 0 radical (unpaired) electrons. The molecule has 2 heterocycles. The number of nitrogens with one attached hydrogen (secondary N) is 1. The minimum Gasteiger partial charge on any atom is -0.388 e. The zero-order valence-corrected chi connectivity index (χ0v) is 25.0. The van der Waals surface area contributed by atoms with Gasteiger partial charge < -0.3 is 9.88 Å². The smallest absolute Gasteiger partial charge is 0.0710 e. The molecule has 8 rings (SSSR count). The summed E-state index contributed by atoms with van der Waals surface area (Å²) in [7, 11) is 2.00. The van der Waals surface area contributed by atoms with Gasteiger partial charge in [0.1, 0.15) is 0 Å². The molecular formula is C42H31N3. The van der Waals surface area contributed by atoms with Crippen molar-refractivity contribution in [3.63, 3.8) is 0 Å². The highest BCUT2D eigenvalue weighted by atomic mass is 15.0. The van der Waals surface area contributed by atoms with Crippen LogP contribution in [0.2, 0.25) is 0 Å². The van der Waals surface area contributed by atoms with Crippen LogP contribution in [0.5, 0.6) is 0 Å². The standard InChI is InChI=1S/C42H31N3/c1-43-40-28-42-37(27-36(40)30-15-6-3-7-16-30)35-21-8-9-24-41(35)45(42)34-20-11-19-33(26-34)39-23-12-22-38(44-39)32-18-10-17-31(25-32)29-13-4-2-5-14-29/h2-28,43H,1H3. The van der Waals surface area contributed by atoms with Crippen LogP contribution >= 0.6 is 0 Å². The Hall–Kier alpha value is -5.93. The predicted octanol–water partition coefficient (Wildman–Crippen LogP) is 10.9. The van der Waals surface area contributed by atoms with Crippen molar-refractivity contribution in [1.29, 1.82) is 0 Å². The Balaban J connectivity index is 1.24. The van der Waals surface area contributed by atoms with Gasteiger partial charge in [0, 0.05) is 45.9 Å². The third-order valence-corrected chi connectivity index (χ3v) is 8.58. The number of nitrogens with zero attached hydrogens (tertiary/aromatic N) is 2. The summed E-state index contributed by atoms with van der Waals surface area (Å²) in [5.74, 6) is 0. The second-order valence-corrected chi connectivity index (χ2v) is 11.3. The minimum absolute atomic E-state index is 0.947. The van der Waals surface area contributed by atoms with Gasteiger partial charge in [0.15, 0.2) is 0 Å². The summed E-state index contributed by atoms with van der Waals surface area (Å²) in [6, 6.07) is 58.0. The number of aromatic nitrogens is 2. The normalized spacial score (nSPS) is 11.2. The number of para-hydroxylation sites is 1. The number of benzene rings is 6. The van der Waals surface area contributed by atoms with Crippen molar-refractivity contribution in [1.82, 2.24) is 9.55 Å². The fourth-order valence-electron chi connectivity index (χ4n) is 6.41. The minimum atomic E-state index is 0.947. The molecule has 45 heavy (non-hydrogen) atoms. The highest BCUT2D eigenvalue weighted by molar-refractivity contribution is 6.12. The van der Waals surface area contributed by atoms with Gasteiger partial charge in [0.2, 0.25) is 0 Å². The Labute approximate surface area is 263 Å². The summed E-state index contributed by atoms with van der Waals surface area (Å²) in [5.41, 5.74) is 13.4. The van der Waals surface area contributed by atoms with Gasteiger partial charge in [-0.2, -0.15) is 0 Å². The molecule has 8 aromatic rings. The molecule has 0 saturated heterocycles. The molecule has 214 valence electrons. The lowest BCUT2D eigenvalue weighted by Crippen LogP contribution is -1.97. The molecule has 0 bridgehead atoms. The van der Waals surface area contributed by atoms with E-state index < -0.39 is 0 Å². The zero-order valence-electron chi connectivity index (χ0n) is 25.0. The van der Waals surface area contributed by atoms with Crippen LogP contribution < -0.4 is 5.32 Å². The highest BCUT2D eigenvalue weighted by Crippen LogP contribution is 2.39. The summed E-state index contributed by atoms with van der Waals surface area (Å²) < 4.78 is 2.37. The Morgan fingerprint density at radius 3 is 1.80 bits per heavy atom. The molecule has 0 aliphatic heterocycles. The van der Waals surface area contributed by atoms with E-state index in [-0.39, 0.29) is 0 Å². The van der Waals surface area contributed by atoms with E-state index in [1.807, 2.05) is 13.1 Å². The molecule has 0 fully saturated rings. The van der Waals surface area contributed by atoms with Gasteiger partial charge in [-0.15, -0.1) is 0 Å². The van der Waals surface area contributed by atoms with Crippen LogP contribution in [0.3, 0.4) is 0 Å². The largest absolute Gasteiger partial charge is 0.388 e. The van der Waals surface area contributed by atoms with E-state index >= 15 is 0 Å². The van der Waals surface area contributed by atoms with Crippen LogP contribution in [0, 0.1) is 0 Å². The number of hydrogen-bond donors (Lipinski definition) is 1. The summed E-state index contributed by atoms with van der Waals surface area (Å²) >= 11 is 0. The number of fused-ring (bicyclic) bond motifs is 3. The molecule has 0 aliphatic rings. The molecule has 1 N–H and O–H groups in total. The van der Waals surface area contributed by atoms with Crippen molar-refractivity contribution in [2.45, 2.75) is 0 Å². The van der Waals surface area contributed by atoms with Gasteiger partial charge in [-0.25, -0.2) is 4.98 Å². The van der Waals surface area contributed by atoms with Crippen LogP contribution in [-0.2, 0) is 0 Å². The van der Waals surface area contributed by atoms with E-state index in [9.17, 15) is 0 Å². The zero-order chi connectivity index (χ0) is 30.2. The monoisotopic (exact) mass is 577 g/mol. The first-order valence-corrected chi connectivity index (χ1v) is 15.3. The third-order valence-electron chi connectivity index (χ3n) is 8.58. The average molecular weight is 578 g/mol. The molecule has 0 amide bonds.